The van der Waals surface area contributed by atoms with E-state index in [0.717, 1.165) is 18.4 Å². The summed E-state index contributed by atoms with van der Waals surface area (Å²) in [5.41, 5.74) is 0.857. The predicted molar refractivity (Wildman–Crippen MR) is 97.5 cm³/mol. The highest BCUT2D eigenvalue weighted by Gasteiger charge is 2.17. The van der Waals surface area contributed by atoms with E-state index in [2.05, 4.69) is 4.90 Å². The molecule has 5 nitrogen and oxygen atoms in total. The molecule has 0 bridgehead atoms. The van der Waals surface area contributed by atoms with Crippen molar-refractivity contribution in [3.63, 3.8) is 0 Å². The summed E-state index contributed by atoms with van der Waals surface area (Å²) < 4.78 is 5.50. The van der Waals surface area contributed by atoms with Crippen LogP contribution in [0.15, 0.2) is 18.2 Å². The van der Waals surface area contributed by atoms with Gasteiger partial charge in [-0.15, -0.1) is 35.6 Å². The van der Waals surface area contributed by atoms with E-state index in [1.165, 1.54) is 0 Å². The van der Waals surface area contributed by atoms with E-state index in [0.29, 0.717) is 43.8 Å². The number of rotatable bonds is 11. The number of nitro benzene ring substituents is 1. The van der Waals surface area contributed by atoms with E-state index < -0.39 is 4.92 Å². The third kappa shape index (κ3) is 8.06. The molecule has 0 unspecified atom stereocenters. The number of nitrogens with zero attached hydrogens (tertiary/aromatic N) is 2. The number of nitro groups is 1. The largest absolute Gasteiger partial charge is 0.487 e. The fraction of sp³-hybridized carbons (Fsp3) is 0.600. The summed E-state index contributed by atoms with van der Waals surface area (Å²) in [6, 6.07) is 5.09. The molecule has 0 amide bonds. The lowest BCUT2D eigenvalue weighted by Gasteiger charge is -2.20. The Kier molecular flexibility index (Phi) is 12.2. The molecule has 1 aromatic rings. The number of hydrogen-bond acceptors (Lipinski definition) is 4. The van der Waals surface area contributed by atoms with Gasteiger partial charge >= 0.3 is 5.69 Å². The molecule has 0 saturated heterocycles. The maximum absolute atomic E-state index is 11.2. The minimum atomic E-state index is -0.405. The van der Waals surface area contributed by atoms with Crippen LogP contribution in [0.25, 0.3) is 0 Å². The average Bonchev–Trinajstić information content (AvgIpc) is 2.49. The van der Waals surface area contributed by atoms with Crippen LogP contribution in [0.5, 0.6) is 5.75 Å². The van der Waals surface area contributed by atoms with Gasteiger partial charge in [-0.05, 0) is 18.1 Å². The number of alkyl halides is 2. The van der Waals surface area contributed by atoms with E-state index in [-0.39, 0.29) is 18.1 Å². The molecule has 0 radical (unpaired) electrons. The van der Waals surface area contributed by atoms with Crippen molar-refractivity contribution in [3.8, 4) is 5.75 Å². The van der Waals surface area contributed by atoms with E-state index in [9.17, 15) is 10.1 Å². The van der Waals surface area contributed by atoms with Crippen LogP contribution in [0, 0.1) is 10.1 Å². The first-order valence-electron chi connectivity index (χ1n) is 7.36. The van der Waals surface area contributed by atoms with E-state index in [1.807, 2.05) is 13.0 Å². The lowest BCUT2D eigenvalue weighted by atomic mass is 10.1. The van der Waals surface area contributed by atoms with Crippen molar-refractivity contribution in [3.05, 3.63) is 33.9 Å². The van der Waals surface area contributed by atoms with Crippen LogP contribution in [0.2, 0.25) is 0 Å². The van der Waals surface area contributed by atoms with Gasteiger partial charge in [0, 0.05) is 37.5 Å². The Morgan fingerprint density at radius 1 is 1.26 bits per heavy atom. The van der Waals surface area contributed by atoms with Crippen LogP contribution in [0.4, 0.5) is 5.69 Å². The van der Waals surface area contributed by atoms with Crippen molar-refractivity contribution in [1.82, 2.24) is 4.90 Å². The Morgan fingerprint density at radius 3 is 2.43 bits per heavy atom. The maximum atomic E-state index is 11.2. The van der Waals surface area contributed by atoms with Crippen LogP contribution in [0.3, 0.4) is 0 Å². The quantitative estimate of drug-likeness (QED) is 0.244. The number of unbranched alkanes of at least 4 members (excludes halogenated alkanes) is 1. The number of hydrogen-bond donors (Lipinski definition) is 0. The summed E-state index contributed by atoms with van der Waals surface area (Å²) in [7, 11) is 0. The Hall–Kier alpha value is -0.750. The normalized spacial score (nSPS) is 10.4. The molecule has 0 aliphatic heterocycles. The lowest BCUT2D eigenvalue weighted by Crippen LogP contribution is -2.27. The first-order valence-corrected chi connectivity index (χ1v) is 8.43. The highest BCUT2D eigenvalue weighted by molar-refractivity contribution is 6.18. The van der Waals surface area contributed by atoms with Gasteiger partial charge in [0.15, 0.2) is 5.75 Å². The molecule has 0 aromatic heterocycles. The van der Waals surface area contributed by atoms with Crippen molar-refractivity contribution in [2.75, 3.05) is 31.5 Å². The zero-order valence-corrected chi connectivity index (χ0v) is 15.5. The molecule has 0 aliphatic rings. The Morgan fingerprint density at radius 2 is 1.91 bits per heavy atom. The SMILES string of the molecule is CCCCOc1ccc(CN(CCCl)CCCl)cc1[N+](=O)[O-].Cl. The highest BCUT2D eigenvalue weighted by Crippen LogP contribution is 2.28. The van der Waals surface area contributed by atoms with Crippen LogP contribution in [-0.4, -0.2) is 41.3 Å². The lowest BCUT2D eigenvalue weighted by molar-refractivity contribution is -0.385. The molecule has 0 heterocycles. The van der Waals surface area contributed by atoms with Crippen LogP contribution >= 0.6 is 35.6 Å². The van der Waals surface area contributed by atoms with Crippen molar-refractivity contribution in [2.45, 2.75) is 26.3 Å². The van der Waals surface area contributed by atoms with Gasteiger partial charge in [0.1, 0.15) is 0 Å². The highest BCUT2D eigenvalue weighted by atomic mass is 35.5. The smallest absolute Gasteiger partial charge is 0.311 e. The molecule has 0 N–H and O–H groups in total. The van der Waals surface area contributed by atoms with Gasteiger partial charge < -0.3 is 4.74 Å². The molecule has 0 spiro atoms. The van der Waals surface area contributed by atoms with Gasteiger partial charge in [-0.1, -0.05) is 19.4 Å². The molecule has 132 valence electrons. The third-order valence-corrected chi connectivity index (χ3v) is 3.52. The second kappa shape index (κ2) is 12.6. The Bertz CT molecular complexity index is 469. The first-order chi connectivity index (χ1) is 10.6. The molecular weight excluding hydrogens is 363 g/mol. The second-order valence-corrected chi connectivity index (χ2v) is 5.67. The zero-order valence-electron chi connectivity index (χ0n) is 13.2. The molecule has 8 heteroatoms. The molecule has 0 saturated carbocycles. The van der Waals surface area contributed by atoms with Crippen molar-refractivity contribution in [2.24, 2.45) is 0 Å². The topological polar surface area (TPSA) is 55.6 Å². The first kappa shape index (κ1) is 22.2. The van der Waals surface area contributed by atoms with Crippen LogP contribution in [-0.2, 0) is 6.54 Å². The summed E-state index contributed by atoms with van der Waals surface area (Å²) in [6.45, 7) is 4.49. The van der Waals surface area contributed by atoms with E-state index >= 15 is 0 Å². The van der Waals surface area contributed by atoms with Crippen molar-refractivity contribution >= 4 is 41.3 Å². The van der Waals surface area contributed by atoms with Gasteiger partial charge in [0.05, 0.1) is 11.5 Å². The molecule has 1 aromatic carbocycles. The standard InChI is InChI=1S/C15H22Cl2N2O3.ClH/c1-2-3-10-22-15-5-4-13(11-14(15)19(20)21)12-18(8-6-16)9-7-17;/h4-5,11H,2-3,6-10,12H2,1H3;1H. The summed E-state index contributed by atoms with van der Waals surface area (Å²) in [5, 5.41) is 11.2. The molecule has 0 aliphatic carbocycles. The number of ether oxygens (including phenoxy) is 1. The fourth-order valence-electron chi connectivity index (χ4n) is 2.02. The van der Waals surface area contributed by atoms with Crippen LogP contribution < -0.4 is 4.74 Å². The van der Waals surface area contributed by atoms with Gasteiger partial charge in [-0.2, -0.15) is 0 Å². The Labute approximate surface area is 153 Å². The molecule has 0 fully saturated rings. The van der Waals surface area contributed by atoms with Gasteiger partial charge in [-0.25, -0.2) is 0 Å². The van der Waals surface area contributed by atoms with E-state index in [1.54, 1.807) is 12.1 Å². The molecule has 23 heavy (non-hydrogen) atoms. The van der Waals surface area contributed by atoms with Gasteiger partial charge in [0.25, 0.3) is 0 Å². The number of halogens is 3. The van der Waals surface area contributed by atoms with Crippen molar-refractivity contribution in [1.29, 1.82) is 0 Å². The number of benzene rings is 1. The summed E-state index contributed by atoms with van der Waals surface area (Å²) in [5.74, 6) is 1.32. The average molecular weight is 386 g/mol. The summed E-state index contributed by atoms with van der Waals surface area (Å²) in [6.07, 6.45) is 1.86. The third-order valence-electron chi connectivity index (χ3n) is 3.18. The minimum Gasteiger partial charge on any atom is -0.487 e. The molecule has 1 rings (SSSR count). The Balaban J connectivity index is 0.00000484. The summed E-state index contributed by atoms with van der Waals surface area (Å²) >= 11 is 11.5. The molecular formula is C15H23Cl3N2O3. The maximum Gasteiger partial charge on any atom is 0.311 e. The fourth-order valence-corrected chi connectivity index (χ4v) is 2.50. The second-order valence-electron chi connectivity index (χ2n) is 4.92. The monoisotopic (exact) mass is 384 g/mol. The summed E-state index contributed by atoms with van der Waals surface area (Å²) in [4.78, 5) is 12.9. The minimum absolute atomic E-state index is 0. The van der Waals surface area contributed by atoms with Crippen LogP contribution in [0.1, 0.15) is 25.3 Å². The van der Waals surface area contributed by atoms with Gasteiger partial charge in [0.2, 0.25) is 0 Å². The predicted octanol–water partition coefficient (Wildman–Crippen LogP) is 4.48. The van der Waals surface area contributed by atoms with Gasteiger partial charge in [-0.3, -0.25) is 15.0 Å². The zero-order chi connectivity index (χ0) is 16.4. The van der Waals surface area contributed by atoms with E-state index in [4.69, 9.17) is 27.9 Å². The van der Waals surface area contributed by atoms with Crippen molar-refractivity contribution < 1.29 is 9.66 Å². The molecule has 0 atom stereocenters.